The third kappa shape index (κ3) is 1.94. The van der Waals surface area contributed by atoms with Crippen LogP contribution in [0.5, 0.6) is 0 Å². The van der Waals surface area contributed by atoms with E-state index in [9.17, 15) is 0 Å². The van der Waals surface area contributed by atoms with Crippen molar-refractivity contribution in [3.63, 3.8) is 0 Å². The first-order chi connectivity index (χ1) is 6.74. The minimum absolute atomic E-state index is 0.511. The van der Waals surface area contributed by atoms with E-state index in [-0.39, 0.29) is 0 Å². The summed E-state index contributed by atoms with van der Waals surface area (Å²) < 4.78 is 0.511. The standard InChI is InChI=1S/C10H13N3S/c1-3-13(4-2)9-5-6-12-10(14)8(9)7-11/h5-6H,3-4H2,1-2H3,(H,12,14). The summed E-state index contributed by atoms with van der Waals surface area (Å²) in [6.07, 6.45) is 1.77. The first kappa shape index (κ1) is 10.7. The maximum absolute atomic E-state index is 8.98. The second kappa shape index (κ2) is 4.77. The summed E-state index contributed by atoms with van der Waals surface area (Å²) in [4.78, 5) is 4.97. The molecule has 3 nitrogen and oxygen atoms in total. The van der Waals surface area contributed by atoms with Gasteiger partial charge >= 0.3 is 0 Å². The molecular weight excluding hydrogens is 194 g/mol. The lowest BCUT2D eigenvalue weighted by Crippen LogP contribution is -2.22. The zero-order valence-electron chi connectivity index (χ0n) is 8.37. The van der Waals surface area contributed by atoms with Gasteiger partial charge in [0.1, 0.15) is 16.3 Å². The van der Waals surface area contributed by atoms with Crippen molar-refractivity contribution < 1.29 is 0 Å². The van der Waals surface area contributed by atoms with Crippen molar-refractivity contribution in [2.45, 2.75) is 13.8 Å². The fourth-order valence-electron chi connectivity index (χ4n) is 1.40. The maximum atomic E-state index is 8.98. The highest BCUT2D eigenvalue weighted by Crippen LogP contribution is 2.18. The highest BCUT2D eigenvalue weighted by atomic mass is 32.1. The Hall–Kier alpha value is -1.34. The Balaban J connectivity index is 3.27. The summed E-state index contributed by atoms with van der Waals surface area (Å²) in [7, 11) is 0. The first-order valence-corrected chi connectivity index (χ1v) is 5.02. The van der Waals surface area contributed by atoms with Crippen molar-refractivity contribution in [2.75, 3.05) is 18.0 Å². The predicted molar refractivity (Wildman–Crippen MR) is 59.9 cm³/mol. The van der Waals surface area contributed by atoms with Crippen LogP contribution >= 0.6 is 12.2 Å². The summed E-state index contributed by atoms with van der Waals surface area (Å²) in [5.41, 5.74) is 1.48. The third-order valence-electron chi connectivity index (χ3n) is 2.15. The Labute approximate surface area is 89.0 Å². The molecule has 1 aromatic rings. The van der Waals surface area contributed by atoms with Crippen LogP contribution in [-0.2, 0) is 0 Å². The highest BCUT2D eigenvalue weighted by molar-refractivity contribution is 7.71. The van der Waals surface area contributed by atoms with Crippen LogP contribution in [0.15, 0.2) is 12.3 Å². The number of anilines is 1. The highest BCUT2D eigenvalue weighted by Gasteiger charge is 2.08. The normalized spacial score (nSPS) is 9.50. The monoisotopic (exact) mass is 207 g/mol. The van der Waals surface area contributed by atoms with Gasteiger partial charge in [-0.2, -0.15) is 5.26 Å². The number of aromatic nitrogens is 1. The molecule has 0 aliphatic rings. The molecule has 0 atom stereocenters. The second-order valence-electron chi connectivity index (χ2n) is 2.85. The molecule has 74 valence electrons. The smallest absolute Gasteiger partial charge is 0.123 e. The lowest BCUT2D eigenvalue weighted by molar-refractivity contribution is 0.862. The number of rotatable bonds is 3. The molecular formula is C10H13N3S. The van der Waals surface area contributed by atoms with E-state index in [0.717, 1.165) is 18.8 Å². The Morgan fingerprint density at radius 1 is 1.50 bits per heavy atom. The van der Waals surface area contributed by atoms with E-state index in [1.165, 1.54) is 0 Å². The molecule has 0 amide bonds. The molecule has 0 unspecified atom stereocenters. The Kier molecular flexibility index (Phi) is 3.66. The van der Waals surface area contributed by atoms with Crippen molar-refractivity contribution in [1.82, 2.24) is 4.98 Å². The van der Waals surface area contributed by atoms with E-state index in [1.54, 1.807) is 6.20 Å². The van der Waals surface area contributed by atoms with Gasteiger partial charge in [0.05, 0.1) is 5.69 Å². The third-order valence-corrected chi connectivity index (χ3v) is 2.48. The average Bonchev–Trinajstić information content (AvgIpc) is 2.20. The quantitative estimate of drug-likeness (QED) is 0.774. The number of pyridine rings is 1. The Bertz CT molecular complexity index is 399. The van der Waals surface area contributed by atoms with Gasteiger partial charge in [0.25, 0.3) is 0 Å². The summed E-state index contributed by atoms with van der Waals surface area (Å²) in [6.45, 7) is 5.88. The van der Waals surface area contributed by atoms with Gasteiger partial charge in [0, 0.05) is 19.3 Å². The minimum atomic E-state index is 0.511. The SMILES string of the molecule is CCN(CC)c1cc[nH]c(=S)c1C#N. The summed E-state index contributed by atoms with van der Waals surface area (Å²) in [5.74, 6) is 0. The summed E-state index contributed by atoms with van der Waals surface area (Å²) in [5, 5.41) is 8.98. The van der Waals surface area contributed by atoms with Gasteiger partial charge in [0.2, 0.25) is 0 Å². The van der Waals surface area contributed by atoms with Gasteiger partial charge in [-0.3, -0.25) is 0 Å². The molecule has 0 fully saturated rings. The number of nitrogens with zero attached hydrogens (tertiary/aromatic N) is 2. The number of hydrogen-bond donors (Lipinski definition) is 1. The molecule has 0 radical (unpaired) electrons. The van der Waals surface area contributed by atoms with Crippen LogP contribution in [0.3, 0.4) is 0 Å². The second-order valence-corrected chi connectivity index (χ2v) is 3.26. The van der Waals surface area contributed by atoms with Crippen LogP contribution in [0.1, 0.15) is 19.4 Å². The molecule has 0 saturated carbocycles. The van der Waals surface area contributed by atoms with E-state index in [4.69, 9.17) is 17.5 Å². The number of H-pyrrole nitrogens is 1. The van der Waals surface area contributed by atoms with E-state index in [2.05, 4.69) is 29.8 Å². The molecule has 1 N–H and O–H groups in total. The van der Waals surface area contributed by atoms with Gasteiger partial charge in [-0.25, -0.2) is 0 Å². The van der Waals surface area contributed by atoms with E-state index < -0.39 is 0 Å². The number of hydrogen-bond acceptors (Lipinski definition) is 3. The molecule has 1 aromatic heterocycles. The zero-order chi connectivity index (χ0) is 10.6. The molecule has 1 heterocycles. The maximum Gasteiger partial charge on any atom is 0.123 e. The van der Waals surface area contributed by atoms with Crippen molar-refractivity contribution in [2.24, 2.45) is 0 Å². The fourth-order valence-corrected chi connectivity index (χ4v) is 1.62. The van der Waals surface area contributed by atoms with Gasteiger partial charge in [-0.1, -0.05) is 12.2 Å². The minimum Gasteiger partial charge on any atom is -0.371 e. The molecule has 0 saturated heterocycles. The predicted octanol–water partition coefficient (Wildman–Crippen LogP) is 2.46. The lowest BCUT2D eigenvalue weighted by Gasteiger charge is -2.21. The molecule has 0 aromatic carbocycles. The van der Waals surface area contributed by atoms with Gasteiger partial charge in [-0.05, 0) is 19.9 Å². The van der Waals surface area contributed by atoms with Crippen molar-refractivity contribution in [3.8, 4) is 6.07 Å². The lowest BCUT2D eigenvalue weighted by atomic mass is 10.2. The van der Waals surface area contributed by atoms with Crippen LogP contribution in [0, 0.1) is 16.0 Å². The molecule has 0 aliphatic carbocycles. The van der Waals surface area contributed by atoms with Crippen molar-refractivity contribution >= 4 is 17.9 Å². The number of nitrogens with one attached hydrogen (secondary N) is 1. The topological polar surface area (TPSA) is 42.8 Å². The van der Waals surface area contributed by atoms with Crippen LogP contribution < -0.4 is 4.90 Å². The summed E-state index contributed by atoms with van der Waals surface area (Å²) >= 11 is 5.05. The van der Waals surface area contributed by atoms with Crippen LogP contribution in [-0.4, -0.2) is 18.1 Å². The largest absolute Gasteiger partial charge is 0.371 e. The Morgan fingerprint density at radius 2 is 2.14 bits per heavy atom. The number of aromatic amines is 1. The Morgan fingerprint density at radius 3 is 2.64 bits per heavy atom. The average molecular weight is 207 g/mol. The first-order valence-electron chi connectivity index (χ1n) is 4.61. The van der Waals surface area contributed by atoms with Crippen LogP contribution in [0.2, 0.25) is 0 Å². The molecule has 14 heavy (non-hydrogen) atoms. The summed E-state index contributed by atoms with van der Waals surface area (Å²) in [6, 6.07) is 4.03. The van der Waals surface area contributed by atoms with E-state index >= 15 is 0 Å². The molecule has 4 heteroatoms. The number of nitriles is 1. The molecule has 0 spiro atoms. The fraction of sp³-hybridized carbons (Fsp3) is 0.400. The molecule has 0 aliphatic heterocycles. The van der Waals surface area contributed by atoms with Gasteiger partial charge in [-0.15, -0.1) is 0 Å². The van der Waals surface area contributed by atoms with E-state index in [0.29, 0.717) is 10.2 Å². The molecule has 1 rings (SSSR count). The van der Waals surface area contributed by atoms with Gasteiger partial charge < -0.3 is 9.88 Å². The van der Waals surface area contributed by atoms with Gasteiger partial charge in [0.15, 0.2) is 0 Å². The van der Waals surface area contributed by atoms with Crippen molar-refractivity contribution in [3.05, 3.63) is 22.5 Å². The molecule has 0 bridgehead atoms. The van der Waals surface area contributed by atoms with Crippen molar-refractivity contribution in [1.29, 1.82) is 5.26 Å². The van der Waals surface area contributed by atoms with E-state index in [1.807, 2.05) is 6.07 Å². The van der Waals surface area contributed by atoms with Crippen LogP contribution in [0.4, 0.5) is 5.69 Å². The zero-order valence-corrected chi connectivity index (χ0v) is 9.19. The van der Waals surface area contributed by atoms with Crippen LogP contribution in [0.25, 0.3) is 0 Å².